The summed E-state index contributed by atoms with van der Waals surface area (Å²) in [6, 6.07) is 16.8. The third-order valence-corrected chi connectivity index (χ3v) is 6.42. The summed E-state index contributed by atoms with van der Waals surface area (Å²) >= 11 is 1.25. The van der Waals surface area contributed by atoms with Crippen LogP contribution in [-0.4, -0.2) is 86.9 Å². The van der Waals surface area contributed by atoms with Crippen molar-refractivity contribution in [3.8, 4) is 5.75 Å². The van der Waals surface area contributed by atoms with Gasteiger partial charge < -0.3 is 15.0 Å². The third-order valence-electron chi connectivity index (χ3n) is 5.41. The van der Waals surface area contributed by atoms with E-state index >= 15 is 0 Å². The first-order valence-electron chi connectivity index (χ1n) is 11.0. The molecule has 0 saturated carbocycles. The smallest absolute Gasteiger partial charge is 0.253 e. The van der Waals surface area contributed by atoms with Crippen LogP contribution in [0.1, 0.15) is 10.4 Å². The van der Waals surface area contributed by atoms with Crippen LogP contribution in [0.2, 0.25) is 0 Å². The Morgan fingerprint density at radius 1 is 1.03 bits per heavy atom. The lowest BCUT2D eigenvalue weighted by atomic mass is 10.1. The summed E-state index contributed by atoms with van der Waals surface area (Å²) in [4.78, 5) is 29.2. The average Bonchev–Trinajstić information content (AvgIpc) is 3.28. The van der Waals surface area contributed by atoms with E-state index in [0.717, 1.165) is 25.4 Å². The van der Waals surface area contributed by atoms with E-state index in [9.17, 15) is 9.59 Å². The van der Waals surface area contributed by atoms with E-state index in [4.69, 9.17) is 4.74 Å². The molecule has 1 aliphatic rings. The van der Waals surface area contributed by atoms with Crippen molar-refractivity contribution in [3.63, 3.8) is 0 Å². The fourth-order valence-corrected chi connectivity index (χ4v) is 4.18. The maximum absolute atomic E-state index is 12.9. The maximum Gasteiger partial charge on any atom is 0.253 e. The largest absolute Gasteiger partial charge is 0.492 e. The topological polar surface area (TPSA) is 105 Å². The Hall–Kier alpha value is -3.44. The van der Waals surface area contributed by atoms with E-state index in [0.29, 0.717) is 36.1 Å². The van der Waals surface area contributed by atoms with E-state index in [-0.39, 0.29) is 17.6 Å². The minimum Gasteiger partial charge on any atom is -0.492 e. The quantitative estimate of drug-likeness (QED) is 0.461. The lowest BCUT2D eigenvalue weighted by Crippen LogP contribution is -2.49. The highest BCUT2D eigenvalue weighted by atomic mass is 32.2. The summed E-state index contributed by atoms with van der Waals surface area (Å²) in [6.07, 6.45) is 0. The molecular weight excluding hydrogens is 454 g/mol. The van der Waals surface area contributed by atoms with Crippen molar-refractivity contribution in [2.24, 2.45) is 7.05 Å². The predicted molar refractivity (Wildman–Crippen MR) is 129 cm³/mol. The van der Waals surface area contributed by atoms with Crippen LogP contribution in [0.15, 0.2) is 59.8 Å². The SMILES string of the molecule is Cn1nnnc1SCC(=O)Nc1ccc(C(=O)N2CCN(CCOc3ccccc3)CC2)cc1. The van der Waals surface area contributed by atoms with Crippen molar-refractivity contribution in [2.45, 2.75) is 5.16 Å². The second-order valence-electron chi connectivity index (χ2n) is 7.79. The highest BCUT2D eigenvalue weighted by Crippen LogP contribution is 2.16. The van der Waals surface area contributed by atoms with Crippen LogP contribution in [0, 0.1) is 0 Å². The average molecular weight is 482 g/mol. The summed E-state index contributed by atoms with van der Waals surface area (Å²) in [5.74, 6) is 0.899. The number of piperazine rings is 1. The highest BCUT2D eigenvalue weighted by molar-refractivity contribution is 7.99. The van der Waals surface area contributed by atoms with Crippen LogP contribution >= 0.6 is 11.8 Å². The Morgan fingerprint density at radius 3 is 2.44 bits per heavy atom. The van der Waals surface area contributed by atoms with Crippen molar-refractivity contribution in [1.29, 1.82) is 0 Å². The monoisotopic (exact) mass is 481 g/mol. The molecule has 1 saturated heterocycles. The molecule has 0 spiro atoms. The van der Waals surface area contributed by atoms with Gasteiger partial charge in [0, 0.05) is 51.0 Å². The molecule has 2 aromatic carbocycles. The van der Waals surface area contributed by atoms with Crippen LogP contribution in [0.25, 0.3) is 0 Å². The lowest BCUT2D eigenvalue weighted by molar-refractivity contribution is -0.113. The standard InChI is InChI=1S/C23H27N7O3S/c1-28-23(25-26-27-28)34-17-21(31)24-19-9-7-18(8-10-19)22(32)30-13-11-29(12-14-30)15-16-33-20-5-3-2-4-6-20/h2-10H,11-17H2,1H3,(H,24,31). The van der Waals surface area contributed by atoms with Crippen molar-refractivity contribution >= 4 is 29.3 Å². The molecule has 11 heteroatoms. The second-order valence-corrected chi connectivity index (χ2v) is 8.74. The van der Waals surface area contributed by atoms with Gasteiger partial charge in [0.05, 0.1) is 5.75 Å². The Bertz CT molecular complexity index is 1080. The van der Waals surface area contributed by atoms with Gasteiger partial charge in [-0.3, -0.25) is 14.5 Å². The number of hydrogen-bond acceptors (Lipinski definition) is 8. The van der Waals surface area contributed by atoms with Crippen molar-refractivity contribution in [2.75, 3.05) is 50.4 Å². The number of anilines is 1. The van der Waals surface area contributed by atoms with Gasteiger partial charge in [0.25, 0.3) is 5.91 Å². The van der Waals surface area contributed by atoms with Crippen LogP contribution in [0.3, 0.4) is 0 Å². The fraction of sp³-hybridized carbons (Fsp3) is 0.348. The zero-order valence-corrected chi connectivity index (χ0v) is 19.8. The first-order chi connectivity index (χ1) is 16.6. The third kappa shape index (κ3) is 6.55. The number of ether oxygens (including phenoxy) is 1. The number of rotatable bonds is 9. The van der Waals surface area contributed by atoms with Gasteiger partial charge in [0.1, 0.15) is 12.4 Å². The van der Waals surface area contributed by atoms with Crippen LogP contribution in [-0.2, 0) is 11.8 Å². The second kappa shape index (κ2) is 11.6. The molecule has 10 nitrogen and oxygen atoms in total. The van der Waals surface area contributed by atoms with E-state index in [1.54, 1.807) is 31.3 Å². The number of aryl methyl sites for hydroxylation is 1. The zero-order chi connectivity index (χ0) is 23.8. The lowest BCUT2D eigenvalue weighted by Gasteiger charge is -2.34. The molecule has 0 radical (unpaired) electrons. The van der Waals surface area contributed by atoms with Gasteiger partial charge in [-0.2, -0.15) is 0 Å². The first-order valence-corrected chi connectivity index (χ1v) is 12.0. The Labute approximate surface area is 202 Å². The number of hydrogen-bond donors (Lipinski definition) is 1. The summed E-state index contributed by atoms with van der Waals surface area (Å²) in [5.41, 5.74) is 1.25. The van der Waals surface area contributed by atoms with Crippen LogP contribution < -0.4 is 10.1 Å². The molecule has 1 aliphatic heterocycles. The molecular formula is C23H27N7O3S. The van der Waals surface area contributed by atoms with Gasteiger partial charge in [-0.25, -0.2) is 4.68 Å². The van der Waals surface area contributed by atoms with Gasteiger partial charge in [0.15, 0.2) is 0 Å². The number of nitrogens with zero attached hydrogens (tertiary/aromatic N) is 6. The van der Waals surface area contributed by atoms with Crippen molar-refractivity contribution in [1.82, 2.24) is 30.0 Å². The number of nitrogens with one attached hydrogen (secondary N) is 1. The number of carbonyl (C=O) groups is 2. The fourth-order valence-electron chi connectivity index (χ4n) is 3.53. The van der Waals surface area contributed by atoms with Gasteiger partial charge in [0.2, 0.25) is 11.1 Å². The summed E-state index contributed by atoms with van der Waals surface area (Å²) < 4.78 is 7.28. The number of aromatic nitrogens is 4. The number of benzene rings is 2. The van der Waals surface area contributed by atoms with Crippen molar-refractivity contribution < 1.29 is 14.3 Å². The molecule has 2 heterocycles. The van der Waals surface area contributed by atoms with E-state index in [1.807, 2.05) is 35.2 Å². The molecule has 0 bridgehead atoms. The molecule has 34 heavy (non-hydrogen) atoms. The molecule has 2 amide bonds. The Balaban J connectivity index is 1.18. The van der Waals surface area contributed by atoms with Gasteiger partial charge >= 0.3 is 0 Å². The van der Waals surface area contributed by atoms with E-state index in [2.05, 4.69) is 25.7 Å². The van der Waals surface area contributed by atoms with Gasteiger partial charge in [-0.15, -0.1) is 5.10 Å². The summed E-state index contributed by atoms with van der Waals surface area (Å²) in [5, 5.41) is 14.5. The number of thioether (sulfide) groups is 1. The number of carbonyl (C=O) groups excluding carboxylic acids is 2. The first kappa shape index (κ1) is 23.7. The van der Waals surface area contributed by atoms with Crippen LogP contribution in [0.4, 0.5) is 5.69 Å². The minimum atomic E-state index is -0.167. The molecule has 3 aromatic rings. The minimum absolute atomic E-state index is 0.00315. The molecule has 4 rings (SSSR count). The summed E-state index contributed by atoms with van der Waals surface area (Å²) in [7, 11) is 1.72. The van der Waals surface area contributed by atoms with E-state index in [1.165, 1.54) is 16.4 Å². The zero-order valence-electron chi connectivity index (χ0n) is 19.0. The van der Waals surface area contributed by atoms with Gasteiger partial charge in [-0.1, -0.05) is 30.0 Å². The molecule has 178 valence electrons. The Morgan fingerprint density at radius 2 is 1.76 bits per heavy atom. The maximum atomic E-state index is 12.9. The molecule has 0 aliphatic carbocycles. The van der Waals surface area contributed by atoms with Gasteiger partial charge in [-0.05, 0) is 46.8 Å². The number of tetrazole rings is 1. The normalized spacial score (nSPS) is 14.1. The van der Waals surface area contributed by atoms with Crippen LogP contribution in [0.5, 0.6) is 5.75 Å². The Kier molecular flexibility index (Phi) is 8.10. The molecule has 1 N–H and O–H groups in total. The van der Waals surface area contributed by atoms with Crippen molar-refractivity contribution in [3.05, 3.63) is 60.2 Å². The highest BCUT2D eigenvalue weighted by Gasteiger charge is 2.22. The molecule has 1 fully saturated rings. The van der Waals surface area contributed by atoms with E-state index < -0.39 is 0 Å². The molecule has 0 atom stereocenters. The molecule has 0 unspecified atom stereocenters. The number of amides is 2. The summed E-state index contributed by atoms with van der Waals surface area (Å²) in [6.45, 7) is 4.44. The predicted octanol–water partition coefficient (Wildman–Crippen LogP) is 1.78. The molecule has 1 aromatic heterocycles. The number of para-hydroxylation sites is 1.